The van der Waals surface area contributed by atoms with Gasteiger partial charge in [0.05, 0.1) is 6.04 Å². The summed E-state index contributed by atoms with van der Waals surface area (Å²) in [5.74, 6) is 4.58. The van der Waals surface area contributed by atoms with Crippen LogP contribution in [0.3, 0.4) is 0 Å². The summed E-state index contributed by atoms with van der Waals surface area (Å²) in [7, 11) is 0. The fourth-order valence-corrected chi connectivity index (χ4v) is 2.67. The highest BCUT2D eigenvalue weighted by Crippen LogP contribution is 2.32. The quantitative estimate of drug-likeness (QED) is 0.683. The Labute approximate surface area is 95.0 Å². The Bertz CT molecular complexity index is 204. The first-order chi connectivity index (χ1) is 7.31. The van der Waals surface area contributed by atoms with E-state index in [1.54, 1.807) is 0 Å². The molecule has 0 aromatic heterocycles. The summed E-state index contributed by atoms with van der Waals surface area (Å²) in [6, 6.07) is 0.319. The summed E-state index contributed by atoms with van der Waals surface area (Å²) >= 11 is 0. The molecule has 0 radical (unpaired) electrons. The second-order valence-corrected chi connectivity index (χ2v) is 4.80. The molecule has 1 heteroatoms. The molecule has 1 aliphatic rings. The predicted molar refractivity (Wildman–Crippen MR) is 66.7 cm³/mol. The maximum atomic E-state index is 5.62. The van der Waals surface area contributed by atoms with Crippen LogP contribution in [0.1, 0.15) is 52.4 Å². The standard InChI is InChI=1S/C14H25N/c1-4-10-15-14(6-3)13-9-7-8-12(5-2)11-13/h3,12-15H,4-5,7-11H2,1-2H3. The van der Waals surface area contributed by atoms with Gasteiger partial charge in [-0.2, -0.15) is 0 Å². The van der Waals surface area contributed by atoms with E-state index >= 15 is 0 Å². The Balaban J connectivity index is 2.41. The Morgan fingerprint density at radius 2 is 2.20 bits per heavy atom. The lowest BCUT2D eigenvalue weighted by Gasteiger charge is -2.32. The third-order valence-electron chi connectivity index (χ3n) is 3.67. The number of hydrogen-bond acceptors (Lipinski definition) is 1. The van der Waals surface area contributed by atoms with Crippen molar-refractivity contribution in [2.75, 3.05) is 6.54 Å². The van der Waals surface area contributed by atoms with Gasteiger partial charge in [-0.3, -0.25) is 0 Å². The molecule has 0 aromatic carbocycles. The normalized spacial score (nSPS) is 28.3. The van der Waals surface area contributed by atoms with Crippen molar-refractivity contribution in [2.24, 2.45) is 11.8 Å². The Morgan fingerprint density at radius 3 is 2.80 bits per heavy atom. The topological polar surface area (TPSA) is 12.0 Å². The first-order valence-corrected chi connectivity index (χ1v) is 6.51. The van der Waals surface area contributed by atoms with Crippen LogP contribution in [-0.4, -0.2) is 12.6 Å². The number of terminal acetylenes is 1. The largest absolute Gasteiger partial charge is 0.303 e. The minimum absolute atomic E-state index is 0.319. The van der Waals surface area contributed by atoms with E-state index in [0.29, 0.717) is 6.04 Å². The van der Waals surface area contributed by atoms with E-state index in [1.807, 2.05) is 0 Å². The van der Waals surface area contributed by atoms with E-state index in [-0.39, 0.29) is 0 Å². The van der Waals surface area contributed by atoms with Crippen LogP contribution in [0.15, 0.2) is 0 Å². The van der Waals surface area contributed by atoms with Gasteiger partial charge in [0, 0.05) is 0 Å². The zero-order valence-corrected chi connectivity index (χ0v) is 10.3. The smallest absolute Gasteiger partial charge is 0.0715 e. The van der Waals surface area contributed by atoms with Gasteiger partial charge in [-0.15, -0.1) is 6.42 Å². The zero-order valence-electron chi connectivity index (χ0n) is 10.3. The average molecular weight is 207 g/mol. The van der Waals surface area contributed by atoms with E-state index in [2.05, 4.69) is 25.1 Å². The predicted octanol–water partition coefficient (Wildman–Crippen LogP) is 3.20. The van der Waals surface area contributed by atoms with Crippen molar-refractivity contribution in [3.05, 3.63) is 0 Å². The maximum absolute atomic E-state index is 5.62. The Morgan fingerprint density at radius 1 is 1.40 bits per heavy atom. The van der Waals surface area contributed by atoms with E-state index < -0.39 is 0 Å². The molecular weight excluding hydrogens is 182 g/mol. The van der Waals surface area contributed by atoms with E-state index in [4.69, 9.17) is 6.42 Å². The zero-order chi connectivity index (χ0) is 11.1. The molecule has 0 amide bonds. The van der Waals surface area contributed by atoms with Crippen LogP contribution >= 0.6 is 0 Å². The van der Waals surface area contributed by atoms with Gasteiger partial charge in [0.2, 0.25) is 0 Å². The van der Waals surface area contributed by atoms with Gasteiger partial charge in [0.1, 0.15) is 0 Å². The molecule has 1 nitrogen and oxygen atoms in total. The molecule has 1 N–H and O–H groups in total. The number of nitrogens with one attached hydrogen (secondary N) is 1. The van der Waals surface area contributed by atoms with Gasteiger partial charge in [0.25, 0.3) is 0 Å². The fraction of sp³-hybridized carbons (Fsp3) is 0.857. The second kappa shape index (κ2) is 6.90. The Kier molecular flexibility index (Phi) is 5.79. The lowest BCUT2D eigenvalue weighted by atomic mass is 9.77. The van der Waals surface area contributed by atoms with Crippen molar-refractivity contribution in [1.82, 2.24) is 5.32 Å². The summed E-state index contributed by atoms with van der Waals surface area (Å²) in [5.41, 5.74) is 0. The van der Waals surface area contributed by atoms with E-state index in [9.17, 15) is 0 Å². The van der Waals surface area contributed by atoms with Crippen LogP contribution in [-0.2, 0) is 0 Å². The molecule has 15 heavy (non-hydrogen) atoms. The molecule has 0 aromatic rings. The fourth-order valence-electron chi connectivity index (χ4n) is 2.67. The summed E-state index contributed by atoms with van der Waals surface area (Å²) in [6.07, 6.45) is 13.6. The van der Waals surface area contributed by atoms with Gasteiger partial charge < -0.3 is 5.32 Å². The van der Waals surface area contributed by atoms with Crippen molar-refractivity contribution in [1.29, 1.82) is 0 Å². The summed E-state index contributed by atoms with van der Waals surface area (Å²) in [4.78, 5) is 0. The highest BCUT2D eigenvalue weighted by molar-refractivity contribution is 5.03. The molecule has 1 fully saturated rings. The first-order valence-electron chi connectivity index (χ1n) is 6.51. The van der Waals surface area contributed by atoms with Crippen molar-refractivity contribution < 1.29 is 0 Å². The highest BCUT2D eigenvalue weighted by atomic mass is 14.9. The third kappa shape index (κ3) is 3.87. The summed E-state index contributed by atoms with van der Waals surface area (Å²) in [5, 5.41) is 3.50. The van der Waals surface area contributed by atoms with E-state index in [0.717, 1.165) is 18.4 Å². The molecule has 1 saturated carbocycles. The molecule has 0 spiro atoms. The van der Waals surface area contributed by atoms with Crippen molar-refractivity contribution in [2.45, 2.75) is 58.4 Å². The molecule has 1 rings (SSSR count). The van der Waals surface area contributed by atoms with Gasteiger partial charge in [-0.25, -0.2) is 0 Å². The number of hydrogen-bond donors (Lipinski definition) is 1. The van der Waals surface area contributed by atoms with Crippen LogP contribution < -0.4 is 5.32 Å². The van der Waals surface area contributed by atoms with Gasteiger partial charge in [0.15, 0.2) is 0 Å². The molecule has 1 aliphatic carbocycles. The second-order valence-electron chi connectivity index (χ2n) is 4.80. The molecule has 3 atom stereocenters. The van der Waals surface area contributed by atoms with Crippen LogP contribution in [0, 0.1) is 24.2 Å². The van der Waals surface area contributed by atoms with Gasteiger partial charge >= 0.3 is 0 Å². The van der Waals surface area contributed by atoms with Crippen molar-refractivity contribution >= 4 is 0 Å². The SMILES string of the molecule is C#CC(NCCC)C1CCCC(CC)C1. The third-order valence-corrected chi connectivity index (χ3v) is 3.67. The molecular formula is C14H25N. The maximum Gasteiger partial charge on any atom is 0.0715 e. The minimum atomic E-state index is 0.319. The molecule has 0 aliphatic heterocycles. The monoisotopic (exact) mass is 207 g/mol. The van der Waals surface area contributed by atoms with Gasteiger partial charge in [-0.05, 0) is 37.6 Å². The lowest BCUT2D eigenvalue weighted by Crippen LogP contribution is -2.37. The van der Waals surface area contributed by atoms with Crippen LogP contribution in [0.5, 0.6) is 0 Å². The van der Waals surface area contributed by atoms with Crippen molar-refractivity contribution in [3.8, 4) is 12.3 Å². The van der Waals surface area contributed by atoms with Crippen LogP contribution in [0.25, 0.3) is 0 Å². The minimum Gasteiger partial charge on any atom is -0.303 e. The van der Waals surface area contributed by atoms with Crippen molar-refractivity contribution in [3.63, 3.8) is 0 Å². The average Bonchev–Trinajstić information content (AvgIpc) is 2.30. The first kappa shape index (κ1) is 12.6. The summed E-state index contributed by atoms with van der Waals surface area (Å²) < 4.78 is 0. The molecule has 0 heterocycles. The van der Waals surface area contributed by atoms with Crippen LogP contribution in [0.2, 0.25) is 0 Å². The number of rotatable bonds is 5. The van der Waals surface area contributed by atoms with E-state index in [1.165, 1.54) is 38.5 Å². The summed E-state index contributed by atoms with van der Waals surface area (Å²) in [6.45, 7) is 5.55. The molecule has 86 valence electrons. The highest BCUT2D eigenvalue weighted by Gasteiger charge is 2.26. The molecule has 3 unspecified atom stereocenters. The lowest BCUT2D eigenvalue weighted by molar-refractivity contribution is 0.232. The van der Waals surface area contributed by atoms with Gasteiger partial charge in [-0.1, -0.05) is 39.0 Å². The molecule has 0 bridgehead atoms. The molecule has 0 saturated heterocycles. The Hall–Kier alpha value is -0.480. The van der Waals surface area contributed by atoms with Crippen LogP contribution in [0.4, 0.5) is 0 Å².